The first kappa shape index (κ1) is 20.9. The lowest BCUT2D eigenvalue weighted by molar-refractivity contribution is -0.145. The van der Waals surface area contributed by atoms with Crippen LogP contribution in [-0.2, 0) is 16.1 Å². The molecule has 0 amide bonds. The summed E-state index contributed by atoms with van der Waals surface area (Å²) in [6, 6.07) is 13.7. The molecule has 1 fully saturated rings. The van der Waals surface area contributed by atoms with E-state index in [0.717, 1.165) is 53.1 Å². The highest BCUT2D eigenvalue weighted by Crippen LogP contribution is 2.31. The van der Waals surface area contributed by atoms with Gasteiger partial charge in [0.25, 0.3) is 0 Å². The summed E-state index contributed by atoms with van der Waals surface area (Å²) < 4.78 is 11.4. The Labute approximate surface area is 185 Å². The molecule has 2 heterocycles. The second-order valence-corrected chi connectivity index (χ2v) is 8.55. The highest BCUT2D eigenvalue weighted by molar-refractivity contribution is 7.22. The van der Waals surface area contributed by atoms with Gasteiger partial charge in [-0.2, -0.15) is 0 Å². The summed E-state index contributed by atoms with van der Waals surface area (Å²) in [5, 5.41) is 1.81. The first-order chi connectivity index (χ1) is 14.6. The molecule has 0 radical (unpaired) electrons. The van der Waals surface area contributed by atoms with E-state index in [1.54, 1.807) is 18.3 Å². The molecule has 1 saturated heterocycles. The van der Waals surface area contributed by atoms with Crippen LogP contribution in [0, 0.1) is 0 Å². The van der Waals surface area contributed by atoms with Crippen molar-refractivity contribution in [2.45, 2.75) is 13.5 Å². The minimum atomic E-state index is -0.351. The molecule has 8 heteroatoms. The summed E-state index contributed by atoms with van der Waals surface area (Å²) in [5.41, 5.74) is 2.23. The molecule has 6 nitrogen and oxygen atoms in total. The Bertz CT molecular complexity index is 1000. The van der Waals surface area contributed by atoms with E-state index in [9.17, 15) is 4.79 Å². The van der Waals surface area contributed by atoms with E-state index >= 15 is 0 Å². The molecule has 3 aromatic rings. The number of esters is 1. The number of fused-ring (bicyclic) bond motifs is 1. The number of halogens is 1. The molecule has 0 atom stereocenters. The summed E-state index contributed by atoms with van der Waals surface area (Å²) in [5.74, 6) is 0.322. The van der Waals surface area contributed by atoms with E-state index in [1.165, 1.54) is 5.56 Å². The Morgan fingerprint density at radius 3 is 2.63 bits per heavy atom. The predicted octanol–water partition coefficient (Wildman–Crippen LogP) is 4.21. The first-order valence-corrected chi connectivity index (χ1v) is 11.2. The Hall–Kier alpha value is -2.35. The van der Waals surface area contributed by atoms with Gasteiger partial charge in [-0.15, -0.1) is 0 Å². The van der Waals surface area contributed by atoms with E-state index in [0.29, 0.717) is 12.4 Å². The first-order valence-electron chi connectivity index (χ1n) is 10.0. The maximum Gasteiger partial charge on any atom is 0.344 e. The lowest BCUT2D eigenvalue weighted by Gasteiger charge is -2.34. The summed E-state index contributed by atoms with van der Waals surface area (Å²) in [6.45, 7) is 6.84. The van der Waals surface area contributed by atoms with Gasteiger partial charge >= 0.3 is 5.97 Å². The Morgan fingerprint density at radius 1 is 1.13 bits per heavy atom. The van der Waals surface area contributed by atoms with E-state index < -0.39 is 0 Å². The summed E-state index contributed by atoms with van der Waals surface area (Å²) in [7, 11) is 0. The van der Waals surface area contributed by atoms with Crippen LogP contribution in [0.4, 0.5) is 5.13 Å². The van der Waals surface area contributed by atoms with Crippen LogP contribution in [0.5, 0.6) is 5.75 Å². The van der Waals surface area contributed by atoms with Crippen LogP contribution in [0.1, 0.15) is 12.5 Å². The number of hydrogen-bond donors (Lipinski definition) is 0. The number of hydrogen-bond acceptors (Lipinski definition) is 7. The van der Waals surface area contributed by atoms with Crippen LogP contribution in [0.15, 0.2) is 42.5 Å². The quantitative estimate of drug-likeness (QED) is 0.508. The van der Waals surface area contributed by atoms with Crippen LogP contribution in [0.2, 0.25) is 5.02 Å². The lowest BCUT2D eigenvalue weighted by atomic mass is 10.2. The number of carbonyl (C=O) groups excluding carboxylic acids is 1. The maximum absolute atomic E-state index is 11.4. The summed E-state index contributed by atoms with van der Waals surface area (Å²) >= 11 is 7.79. The normalized spacial score (nSPS) is 14.8. The van der Waals surface area contributed by atoms with Crippen LogP contribution in [0.3, 0.4) is 0 Å². The van der Waals surface area contributed by atoms with Crippen LogP contribution in [-0.4, -0.2) is 55.2 Å². The van der Waals surface area contributed by atoms with E-state index in [4.69, 9.17) is 26.1 Å². The third-order valence-electron chi connectivity index (χ3n) is 4.97. The molecule has 2 aromatic carbocycles. The molecule has 0 spiro atoms. The zero-order chi connectivity index (χ0) is 20.9. The zero-order valence-corrected chi connectivity index (χ0v) is 18.4. The SMILES string of the molecule is CCOC(=O)COc1ccc(CN2CCN(c3nc4ccc(Cl)cc4s3)CC2)cc1. The highest BCUT2D eigenvalue weighted by atomic mass is 35.5. The van der Waals surface area contributed by atoms with Gasteiger partial charge < -0.3 is 14.4 Å². The maximum atomic E-state index is 11.4. The monoisotopic (exact) mass is 445 g/mol. The standard InChI is InChI=1S/C22H24ClN3O3S/c1-2-28-21(27)15-29-18-6-3-16(4-7-18)14-25-9-11-26(12-10-25)22-24-19-8-5-17(23)13-20(19)30-22/h3-8,13H,2,9-12,14-15H2,1H3. The van der Waals surface area contributed by atoms with Gasteiger partial charge in [0.05, 0.1) is 16.8 Å². The molecule has 0 bridgehead atoms. The van der Waals surface area contributed by atoms with Crippen molar-refractivity contribution in [2.75, 3.05) is 44.3 Å². The second-order valence-electron chi connectivity index (χ2n) is 7.11. The fourth-order valence-electron chi connectivity index (χ4n) is 3.41. The van der Waals surface area contributed by atoms with Gasteiger partial charge in [-0.3, -0.25) is 4.90 Å². The van der Waals surface area contributed by atoms with Gasteiger partial charge in [-0.05, 0) is 42.8 Å². The third-order valence-corrected chi connectivity index (χ3v) is 6.29. The van der Waals surface area contributed by atoms with Gasteiger partial charge in [-0.25, -0.2) is 9.78 Å². The molecule has 1 aliphatic heterocycles. The molecule has 1 aliphatic rings. The van der Waals surface area contributed by atoms with Crippen molar-refractivity contribution >= 4 is 44.3 Å². The average Bonchev–Trinajstić information content (AvgIpc) is 3.17. The Kier molecular flexibility index (Phi) is 6.72. The van der Waals surface area contributed by atoms with Crippen LogP contribution >= 0.6 is 22.9 Å². The molecule has 0 aliphatic carbocycles. The molecule has 0 N–H and O–H groups in total. The third kappa shape index (κ3) is 5.22. The Balaban J connectivity index is 1.27. The number of piperazine rings is 1. The second kappa shape index (κ2) is 9.64. The molecular formula is C22H24ClN3O3S. The van der Waals surface area contributed by atoms with Crippen molar-refractivity contribution in [3.63, 3.8) is 0 Å². The molecule has 1 aromatic heterocycles. The molecule has 0 saturated carbocycles. The number of rotatable bonds is 7. The van der Waals surface area contributed by atoms with Crippen LogP contribution < -0.4 is 9.64 Å². The lowest BCUT2D eigenvalue weighted by Crippen LogP contribution is -2.45. The molecule has 4 rings (SSSR count). The minimum absolute atomic E-state index is 0.0624. The van der Waals surface area contributed by atoms with Gasteiger partial charge in [-0.1, -0.05) is 35.1 Å². The average molecular weight is 446 g/mol. The summed E-state index contributed by atoms with van der Waals surface area (Å²) in [4.78, 5) is 20.9. The predicted molar refractivity (Wildman–Crippen MR) is 121 cm³/mol. The number of aromatic nitrogens is 1. The van der Waals surface area contributed by atoms with Crippen molar-refractivity contribution in [1.82, 2.24) is 9.88 Å². The van der Waals surface area contributed by atoms with Crippen molar-refractivity contribution < 1.29 is 14.3 Å². The number of benzene rings is 2. The molecule has 30 heavy (non-hydrogen) atoms. The van der Waals surface area contributed by atoms with Crippen molar-refractivity contribution in [3.8, 4) is 5.75 Å². The number of carbonyl (C=O) groups is 1. The number of anilines is 1. The minimum Gasteiger partial charge on any atom is -0.482 e. The molecular weight excluding hydrogens is 422 g/mol. The van der Waals surface area contributed by atoms with Gasteiger partial charge in [0, 0.05) is 37.7 Å². The zero-order valence-electron chi connectivity index (χ0n) is 16.8. The molecule has 0 unspecified atom stereocenters. The Morgan fingerprint density at radius 2 is 1.90 bits per heavy atom. The van der Waals surface area contributed by atoms with E-state index in [2.05, 4.69) is 9.80 Å². The van der Waals surface area contributed by atoms with Gasteiger partial charge in [0.2, 0.25) is 0 Å². The number of thiazole rings is 1. The van der Waals surface area contributed by atoms with Gasteiger partial charge in [0.15, 0.2) is 11.7 Å². The van der Waals surface area contributed by atoms with Gasteiger partial charge in [0.1, 0.15) is 5.75 Å². The fraction of sp³-hybridized carbons (Fsp3) is 0.364. The topological polar surface area (TPSA) is 54.9 Å². The van der Waals surface area contributed by atoms with E-state index in [-0.39, 0.29) is 12.6 Å². The van der Waals surface area contributed by atoms with Crippen molar-refractivity contribution in [1.29, 1.82) is 0 Å². The van der Waals surface area contributed by atoms with Crippen molar-refractivity contribution in [3.05, 3.63) is 53.1 Å². The number of nitrogens with zero attached hydrogens (tertiary/aromatic N) is 3. The number of ether oxygens (including phenoxy) is 2. The summed E-state index contributed by atoms with van der Waals surface area (Å²) in [6.07, 6.45) is 0. The smallest absolute Gasteiger partial charge is 0.344 e. The van der Waals surface area contributed by atoms with Crippen molar-refractivity contribution in [2.24, 2.45) is 0 Å². The van der Waals surface area contributed by atoms with E-state index in [1.807, 2.05) is 42.5 Å². The fourth-order valence-corrected chi connectivity index (χ4v) is 4.71. The largest absolute Gasteiger partial charge is 0.482 e. The van der Waals surface area contributed by atoms with Crippen LogP contribution in [0.25, 0.3) is 10.2 Å². The molecule has 158 valence electrons. The highest BCUT2D eigenvalue weighted by Gasteiger charge is 2.20.